The zero-order valence-corrected chi connectivity index (χ0v) is 18.3. The highest BCUT2D eigenvalue weighted by molar-refractivity contribution is 6.32. The smallest absolute Gasteiger partial charge is 0.311 e. The van der Waals surface area contributed by atoms with Gasteiger partial charge in [-0.25, -0.2) is 9.67 Å². The summed E-state index contributed by atoms with van der Waals surface area (Å²) in [5.74, 6) is 0.347. The Hall–Kier alpha value is -3.52. The lowest BCUT2D eigenvalue weighted by Gasteiger charge is -2.10. The average Bonchev–Trinajstić information content (AvgIpc) is 3.10. The zero-order chi connectivity index (χ0) is 22.5. The summed E-state index contributed by atoms with van der Waals surface area (Å²) in [6, 6.07) is 12.2. The van der Waals surface area contributed by atoms with E-state index in [0.29, 0.717) is 39.3 Å². The first-order valence-corrected chi connectivity index (χ1v) is 9.70. The molecule has 162 valence electrons. The van der Waals surface area contributed by atoms with Gasteiger partial charge >= 0.3 is 5.97 Å². The fraction of sp³-hybridized carbons (Fsp3) is 0.227. The molecule has 0 saturated carbocycles. The van der Waals surface area contributed by atoms with Crippen LogP contribution < -0.4 is 15.0 Å². The first-order valence-electron chi connectivity index (χ1n) is 9.32. The zero-order valence-electron chi connectivity index (χ0n) is 17.6. The van der Waals surface area contributed by atoms with E-state index < -0.39 is 5.97 Å². The fourth-order valence-electron chi connectivity index (χ4n) is 3.13. The Morgan fingerprint density at radius 3 is 2.39 bits per heavy atom. The van der Waals surface area contributed by atoms with Crippen LogP contribution in [0.5, 0.6) is 11.5 Å². The van der Waals surface area contributed by atoms with Crippen molar-refractivity contribution in [1.82, 2.24) is 9.78 Å². The van der Waals surface area contributed by atoms with E-state index in [-0.39, 0.29) is 17.5 Å². The van der Waals surface area contributed by atoms with E-state index in [1.807, 2.05) is 18.2 Å². The molecule has 0 fully saturated rings. The molecule has 8 nitrogen and oxygen atoms in total. The second kappa shape index (κ2) is 9.53. The minimum atomic E-state index is -0.485. The minimum absolute atomic E-state index is 0.116. The number of aliphatic imine (C=N–C) groups is 1. The molecule has 9 heteroatoms. The molecule has 0 unspecified atom stereocenters. The molecule has 1 heterocycles. The highest BCUT2D eigenvalue weighted by atomic mass is 35.5. The molecule has 0 atom stereocenters. The monoisotopic (exact) mass is 443 g/mol. The first-order chi connectivity index (χ1) is 14.9. The van der Waals surface area contributed by atoms with Crippen molar-refractivity contribution >= 4 is 29.0 Å². The number of hydrogen-bond donors (Lipinski definition) is 1. The largest absolute Gasteiger partial charge is 0.495 e. The summed E-state index contributed by atoms with van der Waals surface area (Å²) in [5.41, 5.74) is 1.76. The SMILES string of the molecule is COC(=O)Cc1[nH]n(-c2ccccc2)c(=O)c1C(C)=Nc1cc(OC)c(Cl)cc1OC. The maximum absolute atomic E-state index is 13.2. The number of carbonyl (C=O) groups excluding carboxylic acids is 1. The highest BCUT2D eigenvalue weighted by Gasteiger charge is 2.21. The number of aromatic amines is 1. The van der Waals surface area contributed by atoms with E-state index >= 15 is 0 Å². The molecule has 0 radical (unpaired) electrons. The Morgan fingerprint density at radius 2 is 1.77 bits per heavy atom. The molecule has 2 aromatic carbocycles. The van der Waals surface area contributed by atoms with Crippen LogP contribution in [-0.4, -0.2) is 42.8 Å². The summed E-state index contributed by atoms with van der Waals surface area (Å²) in [6.07, 6.45) is -0.116. The van der Waals surface area contributed by atoms with Gasteiger partial charge in [0.05, 0.1) is 55.4 Å². The molecular formula is C22H22ClN3O5. The van der Waals surface area contributed by atoms with Crippen LogP contribution in [0.25, 0.3) is 5.69 Å². The normalized spacial score (nSPS) is 11.3. The van der Waals surface area contributed by atoms with Crippen molar-refractivity contribution in [2.24, 2.45) is 4.99 Å². The maximum atomic E-state index is 13.2. The van der Waals surface area contributed by atoms with Crippen LogP contribution in [0.15, 0.2) is 52.3 Å². The molecule has 0 bridgehead atoms. The first kappa shape index (κ1) is 22.2. The highest BCUT2D eigenvalue weighted by Crippen LogP contribution is 2.38. The minimum Gasteiger partial charge on any atom is -0.495 e. The van der Waals surface area contributed by atoms with Crippen molar-refractivity contribution in [3.8, 4) is 17.2 Å². The summed E-state index contributed by atoms with van der Waals surface area (Å²) in [5, 5.41) is 3.37. The summed E-state index contributed by atoms with van der Waals surface area (Å²) in [4.78, 5) is 29.8. The fourth-order valence-corrected chi connectivity index (χ4v) is 3.36. The van der Waals surface area contributed by atoms with Gasteiger partial charge in [0, 0.05) is 12.1 Å². The van der Waals surface area contributed by atoms with Crippen molar-refractivity contribution in [2.75, 3.05) is 21.3 Å². The van der Waals surface area contributed by atoms with Gasteiger partial charge in [-0.1, -0.05) is 29.8 Å². The number of benzene rings is 2. The van der Waals surface area contributed by atoms with Gasteiger partial charge in [-0.15, -0.1) is 0 Å². The second-order valence-corrected chi connectivity index (χ2v) is 6.96. The number of aromatic nitrogens is 2. The van der Waals surface area contributed by atoms with Gasteiger partial charge in [0.15, 0.2) is 0 Å². The molecule has 1 N–H and O–H groups in total. The second-order valence-electron chi connectivity index (χ2n) is 6.55. The van der Waals surface area contributed by atoms with Gasteiger partial charge in [-0.05, 0) is 19.1 Å². The quantitative estimate of drug-likeness (QED) is 0.444. The standard InChI is InChI=1S/C22H22ClN3O5/c1-13(24-16-11-18(29-2)15(23)10-19(16)30-3)21-17(12-20(27)31-4)25-26(22(21)28)14-8-6-5-7-9-14/h5-11,25H,12H2,1-4H3. The molecule has 0 aliphatic heterocycles. The van der Waals surface area contributed by atoms with Crippen molar-refractivity contribution in [3.63, 3.8) is 0 Å². The predicted octanol–water partition coefficient (Wildman–Crippen LogP) is 3.69. The molecule has 0 spiro atoms. The van der Waals surface area contributed by atoms with E-state index in [1.54, 1.807) is 31.2 Å². The summed E-state index contributed by atoms with van der Waals surface area (Å²) >= 11 is 6.17. The van der Waals surface area contributed by atoms with Crippen LogP contribution in [0.3, 0.4) is 0 Å². The van der Waals surface area contributed by atoms with Gasteiger partial charge in [0.1, 0.15) is 17.2 Å². The summed E-state index contributed by atoms with van der Waals surface area (Å²) < 4.78 is 16.8. The molecule has 0 saturated heterocycles. The van der Waals surface area contributed by atoms with Gasteiger partial charge in [-0.3, -0.25) is 14.7 Å². The number of rotatable bonds is 7. The van der Waals surface area contributed by atoms with Gasteiger partial charge in [0.2, 0.25) is 0 Å². The number of nitrogens with zero attached hydrogens (tertiary/aromatic N) is 2. The molecule has 0 aliphatic carbocycles. The Bertz CT molecular complexity index is 1180. The maximum Gasteiger partial charge on any atom is 0.311 e. The van der Waals surface area contributed by atoms with E-state index in [2.05, 4.69) is 10.1 Å². The van der Waals surface area contributed by atoms with Gasteiger partial charge in [0.25, 0.3) is 5.56 Å². The topological polar surface area (TPSA) is 94.9 Å². The van der Waals surface area contributed by atoms with E-state index in [0.717, 1.165) is 0 Å². The van der Waals surface area contributed by atoms with Crippen LogP contribution in [0.2, 0.25) is 5.02 Å². The Kier molecular flexibility index (Phi) is 6.81. The van der Waals surface area contributed by atoms with Crippen LogP contribution in [0.4, 0.5) is 5.69 Å². The molecule has 0 amide bonds. The number of esters is 1. The predicted molar refractivity (Wildman–Crippen MR) is 119 cm³/mol. The number of halogens is 1. The van der Waals surface area contributed by atoms with Crippen LogP contribution >= 0.6 is 11.6 Å². The van der Waals surface area contributed by atoms with Crippen molar-refractivity contribution in [1.29, 1.82) is 0 Å². The van der Waals surface area contributed by atoms with Gasteiger partial charge in [-0.2, -0.15) is 0 Å². The lowest BCUT2D eigenvalue weighted by Crippen LogP contribution is -2.20. The molecule has 3 rings (SSSR count). The third-order valence-electron chi connectivity index (χ3n) is 4.63. The van der Waals surface area contributed by atoms with E-state index in [1.165, 1.54) is 26.0 Å². The molecule has 3 aromatic rings. The van der Waals surface area contributed by atoms with Crippen molar-refractivity contribution in [2.45, 2.75) is 13.3 Å². The number of para-hydroxylation sites is 1. The molecule has 1 aromatic heterocycles. The third kappa shape index (κ3) is 4.64. The van der Waals surface area contributed by atoms with E-state index in [9.17, 15) is 9.59 Å². The average molecular weight is 444 g/mol. The lowest BCUT2D eigenvalue weighted by atomic mass is 10.1. The summed E-state index contributed by atoms with van der Waals surface area (Å²) in [7, 11) is 4.28. The number of hydrogen-bond acceptors (Lipinski definition) is 6. The number of ether oxygens (including phenoxy) is 3. The van der Waals surface area contributed by atoms with Crippen molar-refractivity contribution in [3.05, 3.63) is 69.1 Å². The number of H-pyrrole nitrogens is 1. The van der Waals surface area contributed by atoms with Crippen molar-refractivity contribution < 1.29 is 19.0 Å². The molecule has 31 heavy (non-hydrogen) atoms. The lowest BCUT2D eigenvalue weighted by molar-refractivity contribution is -0.139. The summed E-state index contributed by atoms with van der Waals surface area (Å²) in [6.45, 7) is 1.68. The van der Waals surface area contributed by atoms with Crippen LogP contribution in [-0.2, 0) is 16.0 Å². The van der Waals surface area contributed by atoms with E-state index in [4.69, 9.17) is 25.8 Å². The number of methoxy groups -OCH3 is 3. The molecule has 0 aliphatic rings. The Balaban J connectivity index is 2.18. The number of nitrogens with one attached hydrogen (secondary N) is 1. The third-order valence-corrected chi connectivity index (χ3v) is 4.93. The van der Waals surface area contributed by atoms with Crippen LogP contribution in [0, 0.1) is 0 Å². The number of carbonyl (C=O) groups is 1. The molecular weight excluding hydrogens is 422 g/mol. The Labute approximate surface area is 184 Å². The van der Waals surface area contributed by atoms with Gasteiger partial charge < -0.3 is 14.2 Å². The van der Waals surface area contributed by atoms with Crippen LogP contribution in [0.1, 0.15) is 18.2 Å². The Morgan fingerprint density at radius 1 is 1.10 bits per heavy atom.